The number of benzene rings is 2. The number of carbonyl (C=O) groups is 1. The summed E-state index contributed by atoms with van der Waals surface area (Å²) in [6.45, 7) is 9.68. The number of aryl methyl sites for hydroxylation is 2. The zero-order valence-corrected chi connectivity index (χ0v) is 18.1. The molecule has 6 nitrogen and oxygen atoms in total. The van der Waals surface area contributed by atoms with Crippen LogP contribution in [-0.2, 0) is 11.2 Å². The van der Waals surface area contributed by atoms with Gasteiger partial charge in [0.2, 0.25) is 0 Å². The molecule has 0 radical (unpaired) electrons. The van der Waals surface area contributed by atoms with Gasteiger partial charge in [0.15, 0.2) is 0 Å². The Morgan fingerprint density at radius 2 is 1.83 bits per heavy atom. The van der Waals surface area contributed by atoms with Crippen molar-refractivity contribution < 1.29 is 14.4 Å². The smallest absolute Gasteiger partial charge is 0.366 e. The second kappa shape index (κ2) is 8.03. The molecule has 1 heterocycles. The van der Waals surface area contributed by atoms with Gasteiger partial charge in [-0.3, -0.25) is 4.79 Å². The fourth-order valence-corrected chi connectivity index (χ4v) is 3.82. The monoisotopic (exact) mass is 408 g/mol. The van der Waals surface area contributed by atoms with Gasteiger partial charge in [-0.05, 0) is 49.4 Å². The van der Waals surface area contributed by atoms with E-state index in [9.17, 15) is 14.7 Å². The van der Waals surface area contributed by atoms with Crippen molar-refractivity contribution in [3.05, 3.63) is 69.7 Å². The van der Waals surface area contributed by atoms with Gasteiger partial charge in [-0.2, -0.15) is 0 Å². The van der Waals surface area contributed by atoms with E-state index in [1.165, 1.54) is 0 Å². The molecule has 0 saturated carbocycles. The molecule has 1 atom stereocenters. The summed E-state index contributed by atoms with van der Waals surface area (Å²) in [6, 6.07) is 12.7. The molecule has 0 aliphatic rings. The molecule has 3 aromatic rings. The molecule has 0 spiro atoms. The van der Waals surface area contributed by atoms with Crippen LogP contribution >= 0.6 is 0 Å². The first-order chi connectivity index (χ1) is 14.0. The lowest BCUT2D eigenvalue weighted by molar-refractivity contribution is -0.137. The Balaban J connectivity index is 1.94. The topological polar surface area (TPSA) is 92.4 Å². The summed E-state index contributed by atoms with van der Waals surface area (Å²) >= 11 is 0. The lowest BCUT2D eigenvalue weighted by Gasteiger charge is -2.33. The van der Waals surface area contributed by atoms with Crippen molar-refractivity contribution in [3.8, 4) is 0 Å². The first-order valence-electron chi connectivity index (χ1n) is 9.97. The minimum Gasteiger partial charge on any atom is -0.380 e. The standard InChI is InChI=1S/C24H28N2O4/c1-15-7-6-8-17(11-15)13-24(29,14-23(3,4)5)22(28)25-18-9-10-19-20(12-18)16(2)26-30-21(19)27/h6-12,29H,13-14H2,1-5H3,(H,25,28). The van der Waals surface area contributed by atoms with Crippen molar-refractivity contribution in [3.63, 3.8) is 0 Å². The van der Waals surface area contributed by atoms with Crippen LogP contribution in [0.1, 0.15) is 44.0 Å². The summed E-state index contributed by atoms with van der Waals surface area (Å²) in [5.74, 6) is -0.480. The van der Waals surface area contributed by atoms with Crippen molar-refractivity contribution >= 4 is 22.4 Å². The number of amides is 1. The number of fused-ring (bicyclic) bond motifs is 1. The number of hydrogen-bond donors (Lipinski definition) is 2. The molecule has 0 fully saturated rings. The lowest BCUT2D eigenvalue weighted by atomic mass is 9.78. The van der Waals surface area contributed by atoms with Crippen molar-refractivity contribution in [1.82, 2.24) is 5.16 Å². The van der Waals surface area contributed by atoms with E-state index >= 15 is 0 Å². The Morgan fingerprint density at radius 1 is 1.10 bits per heavy atom. The second-order valence-electron chi connectivity index (χ2n) is 9.20. The maximum absolute atomic E-state index is 13.2. The number of anilines is 1. The fraction of sp³-hybridized carbons (Fsp3) is 0.375. The number of nitrogens with one attached hydrogen (secondary N) is 1. The van der Waals surface area contributed by atoms with Gasteiger partial charge < -0.3 is 14.9 Å². The highest BCUT2D eigenvalue weighted by Crippen LogP contribution is 2.32. The molecule has 1 aromatic heterocycles. The van der Waals surface area contributed by atoms with Crippen LogP contribution in [0.5, 0.6) is 0 Å². The molecule has 0 aliphatic heterocycles. The van der Waals surface area contributed by atoms with Crippen LogP contribution in [0.2, 0.25) is 0 Å². The summed E-state index contributed by atoms with van der Waals surface area (Å²) in [4.78, 5) is 25.1. The van der Waals surface area contributed by atoms with Crippen LogP contribution in [0.4, 0.5) is 5.69 Å². The second-order valence-corrected chi connectivity index (χ2v) is 9.20. The minimum atomic E-state index is -1.59. The zero-order valence-electron chi connectivity index (χ0n) is 18.1. The van der Waals surface area contributed by atoms with Gasteiger partial charge in [-0.1, -0.05) is 55.8 Å². The third-order valence-electron chi connectivity index (χ3n) is 4.98. The highest BCUT2D eigenvalue weighted by Gasteiger charge is 2.40. The van der Waals surface area contributed by atoms with Crippen LogP contribution in [0.3, 0.4) is 0 Å². The molecular formula is C24H28N2O4. The SMILES string of the molecule is Cc1cccc(CC(O)(CC(C)(C)C)C(=O)Nc2ccc3c(=O)onc(C)c3c2)c1. The molecule has 30 heavy (non-hydrogen) atoms. The van der Waals surface area contributed by atoms with Gasteiger partial charge >= 0.3 is 5.63 Å². The highest BCUT2D eigenvalue weighted by molar-refractivity contribution is 5.99. The van der Waals surface area contributed by atoms with Crippen LogP contribution in [-0.4, -0.2) is 21.8 Å². The highest BCUT2D eigenvalue weighted by atomic mass is 16.5. The Kier molecular flexibility index (Phi) is 5.81. The predicted molar refractivity (Wildman–Crippen MR) is 118 cm³/mol. The van der Waals surface area contributed by atoms with Gasteiger partial charge in [-0.15, -0.1) is 0 Å². The van der Waals surface area contributed by atoms with Gasteiger partial charge in [0.1, 0.15) is 5.60 Å². The maximum atomic E-state index is 13.2. The molecule has 2 aromatic carbocycles. The molecule has 1 amide bonds. The summed E-state index contributed by atoms with van der Waals surface area (Å²) in [5.41, 5.74) is 0.612. The summed E-state index contributed by atoms with van der Waals surface area (Å²) in [6.07, 6.45) is 0.493. The van der Waals surface area contributed by atoms with Crippen LogP contribution in [0.25, 0.3) is 10.8 Å². The number of nitrogens with zero attached hydrogens (tertiary/aromatic N) is 1. The van der Waals surface area contributed by atoms with E-state index in [0.29, 0.717) is 22.2 Å². The van der Waals surface area contributed by atoms with Crippen LogP contribution < -0.4 is 10.9 Å². The van der Waals surface area contributed by atoms with Crippen molar-refractivity contribution in [1.29, 1.82) is 0 Å². The fourth-order valence-electron chi connectivity index (χ4n) is 3.82. The molecule has 6 heteroatoms. The number of hydrogen-bond acceptors (Lipinski definition) is 5. The van der Waals surface area contributed by atoms with E-state index in [4.69, 9.17) is 4.52 Å². The van der Waals surface area contributed by atoms with E-state index in [1.54, 1.807) is 25.1 Å². The first-order valence-corrected chi connectivity index (χ1v) is 9.97. The Morgan fingerprint density at radius 3 is 2.50 bits per heavy atom. The normalized spacial score (nSPS) is 13.8. The lowest BCUT2D eigenvalue weighted by Crippen LogP contribution is -2.47. The molecular weight excluding hydrogens is 380 g/mol. The van der Waals surface area contributed by atoms with E-state index in [0.717, 1.165) is 11.1 Å². The van der Waals surface area contributed by atoms with Gasteiger partial charge in [0.05, 0.1) is 11.1 Å². The number of rotatable bonds is 5. The molecule has 1 unspecified atom stereocenters. The van der Waals surface area contributed by atoms with E-state index < -0.39 is 17.1 Å². The summed E-state index contributed by atoms with van der Waals surface area (Å²) in [7, 11) is 0. The Labute approximate surface area is 175 Å². The zero-order chi connectivity index (χ0) is 22.1. The average Bonchev–Trinajstić information content (AvgIpc) is 2.63. The Hall–Kier alpha value is -2.99. The van der Waals surface area contributed by atoms with Crippen molar-refractivity contribution in [2.75, 3.05) is 5.32 Å². The number of aliphatic hydroxyl groups is 1. The van der Waals surface area contributed by atoms with E-state index in [-0.39, 0.29) is 18.3 Å². The Bertz CT molecular complexity index is 1140. The predicted octanol–water partition coefficient (Wildman–Crippen LogP) is 4.15. The van der Waals surface area contributed by atoms with Crippen LogP contribution in [0.15, 0.2) is 51.8 Å². The van der Waals surface area contributed by atoms with E-state index in [1.807, 2.05) is 52.0 Å². The van der Waals surface area contributed by atoms with E-state index in [2.05, 4.69) is 10.5 Å². The quantitative estimate of drug-likeness (QED) is 0.661. The van der Waals surface area contributed by atoms with Gasteiger partial charge in [0.25, 0.3) is 5.91 Å². The summed E-state index contributed by atoms with van der Waals surface area (Å²) in [5, 5.41) is 19.0. The molecule has 158 valence electrons. The number of carbonyl (C=O) groups excluding carboxylic acids is 1. The molecule has 0 aliphatic carbocycles. The summed E-state index contributed by atoms with van der Waals surface area (Å²) < 4.78 is 4.74. The third kappa shape index (κ3) is 4.94. The number of aromatic nitrogens is 1. The molecule has 3 rings (SSSR count). The van der Waals surface area contributed by atoms with Crippen molar-refractivity contribution in [2.24, 2.45) is 5.41 Å². The van der Waals surface area contributed by atoms with Gasteiger partial charge in [-0.25, -0.2) is 4.79 Å². The molecule has 0 bridgehead atoms. The van der Waals surface area contributed by atoms with Crippen LogP contribution in [0, 0.1) is 19.3 Å². The maximum Gasteiger partial charge on any atom is 0.366 e. The third-order valence-corrected chi connectivity index (χ3v) is 4.98. The molecule has 2 N–H and O–H groups in total. The first kappa shape index (κ1) is 21.7. The van der Waals surface area contributed by atoms with Gasteiger partial charge in [0, 0.05) is 17.5 Å². The largest absolute Gasteiger partial charge is 0.380 e. The average molecular weight is 408 g/mol. The molecule has 0 saturated heterocycles. The van der Waals surface area contributed by atoms with Crippen molar-refractivity contribution in [2.45, 2.75) is 53.1 Å². The minimum absolute atomic E-state index is 0.204.